The number of rotatable bonds is 9. The van der Waals surface area contributed by atoms with Gasteiger partial charge in [-0.25, -0.2) is 8.42 Å². The van der Waals surface area contributed by atoms with E-state index in [1.807, 2.05) is 0 Å². The number of nitrogens with one attached hydrogen (secondary N) is 2. The highest BCUT2D eigenvalue weighted by Gasteiger charge is 2.21. The molecule has 8 heteroatoms. The second-order valence-electron chi connectivity index (χ2n) is 5.14. The quantitative estimate of drug-likeness (QED) is 0.611. The Bertz CT molecular complexity index is 596. The molecule has 0 aliphatic carbocycles. The van der Waals surface area contributed by atoms with Crippen LogP contribution in [0.15, 0.2) is 29.2 Å². The Morgan fingerprint density at radius 1 is 1.22 bits per heavy atom. The molecule has 0 aromatic heterocycles. The van der Waals surface area contributed by atoms with Crippen LogP contribution in [0.25, 0.3) is 0 Å². The van der Waals surface area contributed by atoms with Crippen molar-refractivity contribution in [1.82, 2.24) is 9.62 Å². The van der Waals surface area contributed by atoms with Crippen LogP contribution in [0.3, 0.4) is 0 Å². The maximum atomic E-state index is 12.3. The predicted octanol–water partition coefficient (Wildman–Crippen LogP) is 0.626. The Labute approximate surface area is 137 Å². The third-order valence-corrected chi connectivity index (χ3v) is 5.27. The number of amides is 1. The minimum absolute atomic E-state index is 0.0738. The van der Waals surface area contributed by atoms with Crippen LogP contribution in [0, 0.1) is 0 Å². The number of carbonyl (C=O) groups is 1. The van der Waals surface area contributed by atoms with E-state index in [2.05, 4.69) is 10.6 Å². The standard InChI is InChI=1S/C15H25N3O4S/c1-4-18(5-2)23(21,22)14-8-6-13(7-9-14)17-15(20)11-16-10-12(3)19/h6-9,12,16,19H,4-5,10-11H2,1-3H3,(H,17,20). The number of sulfonamides is 1. The highest BCUT2D eigenvalue weighted by Crippen LogP contribution is 2.18. The normalized spacial score (nSPS) is 13.1. The maximum Gasteiger partial charge on any atom is 0.243 e. The lowest BCUT2D eigenvalue weighted by Crippen LogP contribution is -2.32. The van der Waals surface area contributed by atoms with Crippen LogP contribution in [-0.4, -0.2) is 56.0 Å². The van der Waals surface area contributed by atoms with Crippen molar-refractivity contribution in [3.63, 3.8) is 0 Å². The van der Waals surface area contributed by atoms with Gasteiger partial charge in [0.1, 0.15) is 0 Å². The number of nitrogens with zero attached hydrogens (tertiary/aromatic N) is 1. The van der Waals surface area contributed by atoms with Crippen molar-refractivity contribution in [2.24, 2.45) is 0 Å². The summed E-state index contributed by atoms with van der Waals surface area (Å²) in [5, 5.41) is 14.6. The third-order valence-electron chi connectivity index (χ3n) is 3.21. The Kier molecular flexibility index (Phi) is 7.63. The molecule has 1 aromatic rings. The molecule has 1 unspecified atom stereocenters. The Hall–Kier alpha value is -1.48. The number of carbonyl (C=O) groups excluding carboxylic acids is 1. The summed E-state index contributed by atoms with van der Waals surface area (Å²) in [5.41, 5.74) is 0.521. The van der Waals surface area contributed by atoms with Crippen molar-refractivity contribution >= 4 is 21.6 Å². The molecule has 0 aliphatic heterocycles. The summed E-state index contributed by atoms with van der Waals surface area (Å²) in [6, 6.07) is 6.07. The molecule has 1 atom stereocenters. The van der Waals surface area contributed by atoms with Gasteiger partial charge in [-0.05, 0) is 31.2 Å². The van der Waals surface area contributed by atoms with Gasteiger partial charge in [-0.3, -0.25) is 4.79 Å². The average Bonchev–Trinajstić information content (AvgIpc) is 2.48. The van der Waals surface area contributed by atoms with E-state index < -0.39 is 16.1 Å². The molecule has 1 rings (SSSR count). The first kappa shape index (κ1) is 19.6. The first-order valence-corrected chi connectivity index (χ1v) is 9.04. The minimum Gasteiger partial charge on any atom is -0.392 e. The highest BCUT2D eigenvalue weighted by molar-refractivity contribution is 7.89. The first-order valence-electron chi connectivity index (χ1n) is 7.60. The number of hydrogen-bond acceptors (Lipinski definition) is 5. The van der Waals surface area contributed by atoms with Crippen LogP contribution in [-0.2, 0) is 14.8 Å². The Balaban J connectivity index is 2.68. The van der Waals surface area contributed by atoms with E-state index in [9.17, 15) is 13.2 Å². The number of aliphatic hydroxyl groups excluding tert-OH is 1. The van der Waals surface area contributed by atoms with Crippen molar-refractivity contribution in [3.8, 4) is 0 Å². The fourth-order valence-electron chi connectivity index (χ4n) is 2.02. The van der Waals surface area contributed by atoms with Gasteiger partial charge in [-0.15, -0.1) is 0 Å². The first-order chi connectivity index (χ1) is 10.8. The van der Waals surface area contributed by atoms with Gasteiger partial charge in [-0.1, -0.05) is 13.8 Å². The molecule has 3 N–H and O–H groups in total. The van der Waals surface area contributed by atoms with E-state index in [4.69, 9.17) is 5.11 Å². The van der Waals surface area contributed by atoms with Crippen molar-refractivity contribution in [1.29, 1.82) is 0 Å². The topological polar surface area (TPSA) is 98.7 Å². The average molecular weight is 343 g/mol. The molecule has 7 nitrogen and oxygen atoms in total. The van der Waals surface area contributed by atoms with Crippen LogP contribution in [0.1, 0.15) is 20.8 Å². The Morgan fingerprint density at radius 2 is 1.78 bits per heavy atom. The Morgan fingerprint density at radius 3 is 2.26 bits per heavy atom. The molecule has 0 heterocycles. The maximum absolute atomic E-state index is 12.3. The summed E-state index contributed by atoms with van der Waals surface area (Å²) in [7, 11) is -3.49. The SMILES string of the molecule is CCN(CC)S(=O)(=O)c1ccc(NC(=O)CNCC(C)O)cc1. The van der Waals surface area contributed by atoms with E-state index in [1.165, 1.54) is 16.4 Å². The van der Waals surface area contributed by atoms with Gasteiger partial charge in [0.15, 0.2) is 0 Å². The summed E-state index contributed by atoms with van der Waals surface area (Å²) >= 11 is 0. The fourth-order valence-corrected chi connectivity index (χ4v) is 3.48. The molecular weight excluding hydrogens is 318 g/mol. The van der Waals surface area contributed by atoms with Crippen LogP contribution in [0.5, 0.6) is 0 Å². The van der Waals surface area contributed by atoms with Gasteiger partial charge < -0.3 is 15.7 Å². The third kappa shape index (κ3) is 5.91. The molecule has 0 saturated carbocycles. The van der Waals surface area contributed by atoms with E-state index in [0.29, 0.717) is 25.3 Å². The summed E-state index contributed by atoms with van der Waals surface area (Å²) in [6.07, 6.45) is -0.521. The number of anilines is 1. The molecule has 0 bridgehead atoms. The lowest BCUT2D eigenvalue weighted by molar-refractivity contribution is -0.115. The van der Waals surface area contributed by atoms with Crippen LogP contribution < -0.4 is 10.6 Å². The molecule has 23 heavy (non-hydrogen) atoms. The smallest absolute Gasteiger partial charge is 0.243 e. The van der Waals surface area contributed by atoms with E-state index in [-0.39, 0.29) is 17.3 Å². The zero-order valence-corrected chi connectivity index (χ0v) is 14.6. The molecule has 0 radical (unpaired) electrons. The van der Waals surface area contributed by atoms with Crippen molar-refractivity contribution in [3.05, 3.63) is 24.3 Å². The van der Waals surface area contributed by atoms with Gasteiger partial charge in [0.05, 0.1) is 17.5 Å². The highest BCUT2D eigenvalue weighted by atomic mass is 32.2. The molecule has 1 amide bonds. The van der Waals surface area contributed by atoms with E-state index in [0.717, 1.165) is 0 Å². The summed E-state index contributed by atoms with van der Waals surface area (Å²) in [4.78, 5) is 11.9. The summed E-state index contributed by atoms with van der Waals surface area (Å²) in [5.74, 6) is -0.259. The second kappa shape index (κ2) is 8.97. The number of aliphatic hydroxyl groups is 1. The minimum atomic E-state index is -3.49. The number of benzene rings is 1. The van der Waals surface area contributed by atoms with Crippen molar-refractivity contribution in [2.75, 3.05) is 31.5 Å². The van der Waals surface area contributed by atoms with Crippen molar-refractivity contribution < 1.29 is 18.3 Å². The zero-order valence-electron chi connectivity index (χ0n) is 13.7. The molecule has 0 aliphatic rings. The molecule has 130 valence electrons. The van der Waals surface area contributed by atoms with Gasteiger partial charge in [0.2, 0.25) is 15.9 Å². The van der Waals surface area contributed by atoms with E-state index >= 15 is 0 Å². The summed E-state index contributed by atoms with van der Waals surface area (Å²) < 4.78 is 26.1. The predicted molar refractivity (Wildman–Crippen MR) is 89.7 cm³/mol. The van der Waals surface area contributed by atoms with Gasteiger partial charge in [-0.2, -0.15) is 4.31 Å². The monoisotopic (exact) mass is 343 g/mol. The van der Waals surface area contributed by atoms with Gasteiger partial charge in [0, 0.05) is 25.3 Å². The lowest BCUT2D eigenvalue weighted by atomic mass is 10.3. The molecular formula is C15H25N3O4S. The van der Waals surface area contributed by atoms with Crippen LogP contribution in [0.2, 0.25) is 0 Å². The van der Waals surface area contributed by atoms with Gasteiger partial charge in [0.25, 0.3) is 0 Å². The summed E-state index contributed by atoms with van der Waals surface area (Å²) in [6.45, 7) is 6.42. The van der Waals surface area contributed by atoms with Crippen LogP contribution >= 0.6 is 0 Å². The van der Waals surface area contributed by atoms with E-state index in [1.54, 1.807) is 32.9 Å². The fraction of sp³-hybridized carbons (Fsp3) is 0.533. The molecule has 0 saturated heterocycles. The molecule has 0 fully saturated rings. The molecule has 1 aromatic carbocycles. The molecule has 0 spiro atoms. The van der Waals surface area contributed by atoms with Crippen LogP contribution in [0.4, 0.5) is 5.69 Å². The zero-order chi connectivity index (χ0) is 17.5. The number of hydrogen-bond donors (Lipinski definition) is 3. The van der Waals surface area contributed by atoms with Gasteiger partial charge >= 0.3 is 0 Å². The lowest BCUT2D eigenvalue weighted by Gasteiger charge is -2.18. The largest absolute Gasteiger partial charge is 0.392 e. The second-order valence-corrected chi connectivity index (χ2v) is 7.08. The van der Waals surface area contributed by atoms with Crippen molar-refractivity contribution in [2.45, 2.75) is 31.8 Å².